The molecule has 2 aromatic rings. The maximum atomic E-state index is 11.4. The third-order valence-electron chi connectivity index (χ3n) is 4.18. The first-order valence-electron chi connectivity index (χ1n) is 8.51. The van der Waals surface area contributed by atoms with E-state index >= 15 is 0 Å². The van der Waals surface area contributed by atoms with Crippen molar-refractivity contribution in [3.8, 4) is 0 Å². The van der Waals surface area contributed by atoms with Crippen LogP contribution in [0, 0.1) is 0 Å². The molecule has 1 aromatic carbocycles. The van der Waals surface area contributed by atoms with E-state index in [-0.39, 0.29) is 24.7 Å². The second-order valence-corrected chi connectivity index (χ2v) is 5.79. The summed E-state index contributed by atoms with van der Waals surface area (Å²) in [5, 5.41) is 7.62. The number of anilines is 1. The zero-order valence-corrected chi connectivity index (χ0v) is 14.2. The Morgan fingerprint density at radius 3 is 2.79 bits per heavy atom. The smallest absolute Gasteiger partial charge is 0.246 e. The van der Waals surface area contributed by atoms with Gasteiger partial charge in [-0.05, 0) is 5.56 Å². The molecule has 0 aliphatic carbocycles. The summed E-state index contributed by atoms with van der Waals surface area (Å²) in [5.41, 5.74) is 1.22. The summed E-state index contributed by atoms with van der Waals surface area (Å²) in [7, 11) is 0. The van der Waals surface area contributed by atoms with Crippen molar-refractivity contribution in [1.82, 2.24) is 15.1 Å². The molecule has 0 saturated carbocycles. The zero-order chi connectivity index (χ0) is 16.9. The van der Waals surface area contributed by atoms with Gasteiger partial charge in [-0.1, -0.05) is 44.2 Å². The lowest BCUT2D eigenvalue weighted by Crippen LogP contribution is -2.50. The topological polar surface area (TPSA) is 59.4 Å². The Morgan fingerprint density at radius 1 is 1.21 bits per heavy atom. The lowest BCUT2D eigenvalue weighted by Gasteiger charge is -2.24. The van der Waals surface area contributed by atoms with Crippen molar-refractivity contribution in [2.45, 2.75) is 32.5 Å². The molecule has 128 valence electrons. The Labute approximate surface area is 142 Å². The Kier molecular flexibility index (Phi) is 5.15. The molecule has 0 spiro atoms. The Morgan fingerprint density at radius 2 is 2.00 bits per heavy atom. The van der Waals surface area contributed by atoms with Gasteiger partial charge in [0, 0.05) is 25.4 Å². The van der Waals surface area contributed by atoms with Crippen LogP contribution in [-0.2, 0) is 16.1 Å². The molecule has 2 atom stereocenters. The summed E-state index contributed by atoms with van der Waals surface area (Å²) in [6.07, 6.45) is 2.06. The van der Waals surface area contributed by atoms with Gasteiger partial charge in [0.05, 0.1) is 18.7 Å². The van der Waals surface area contributed by atoms with E-state index in [4.69, 9.17) is 4.74 Å². The van der Waals surface area contributed by atoms with Crippen LogP contribution in [0.4, 0.5) is 5.82 Å². The number of hydrogen-bond acceptors (Lipinski definition) is 4. The SMILES string of the molecule is CC.O=C1COC2CN(c3ccn(Cc4ccccc4)n3)CC2N1. The van der Waals surface area contributed by atoms with Crippen LogP contribution in [0.5, 0.6) is 0 Å². The molecule has 3 heterocycles. The van der Waals surface area contributed by atoms with Crippen molar-refractivity contribution in [2.24, 2.45) is 0 Å². The minimum atomic E-state index is -0.0299. The second-order valence-electron chi connectivity index (χ2n) is 5.79. The van der Waals surface area contributed by atoms with Crippen LogP contribution in [-0.4, -0.2) is 47.5 Å². The molecule has 24 heavy (non-hydrogen) atoms. The summed E-state index contributed by atoms with van der Waals surface area (Å²) >= 11 is 0. The number of carbonyl (C=O) groups is 1. The minimum Gasteiger partial charge on any atom is -0.364 e. The number of nitrogens with zero attached hydrogens (tertiary/aromatic N) is 3. The second kappa shape index (κ2) is 7.49. The molecule has 2 unspecified atom stereocenters. The predicted octanol–water partition coefficient (Wildman–Crippen LogP) is 1.66. The van der Waals surface area contributed by atoms with Gasteiger partial charge in [0.15, 0.2) is 5.82 Å². The van der Waals surface area contributed by atoms with Crippen molar-refractivity contribution in [3.05, 3.63) is 48.2 Å². The number of rotatable bonds is 3. The average molecular weight is 328 g/mol. The molecule has 2 aliphatic heterocycles. The van der Waals surface area contributed by atoms with E-state index < -0.39 is 0 Å². The van der Waals surface area contributed by atoms with Crippen LogP contribution in [0.15, 0.2) is 42.6 Å². The van der Waals surface area contributed by atoms with Crippen molar-refractivity contribution < 1.29 is 9.53 Å². The number of amides is 1. The molecule has 2 fully saturated rings. The lowest BCUT2D eigenvalue weighted by molar-refractivity contribution is -0.134. The number of morpholine rings is 1. The molecule has 0 bridgehead atoms. The molecule has 4 rings (SSSR count). The first-order chi connectivity index (χ1) is 11.8. The molecule has 6 heteroatoms. The van der Waals surface area contributed by atoms with E-state index in [9.17, 15) is 4.79 Å². The summed E-state index contributed by atoms with van der Waals surface area (Å²) in [5.74, 6) is 0.904. The van der Waals surface area contributed by atoms with Gasteiger partial charge in [-0.25, -0.2) is 0 Å². The molecule has 1 aromatic heterocycles. The number of fused-ring (bicyclic) bond motifs is 1. The highest BCUT2D eigenvalue weighted by atomic mass is 16.5. The van der Waals surface area contributed by atoms with Gasteiger partial charge in [0.2, 0.25) is 5.91 Å². The molecule has 2 saturated heterocycles. The number of nitrogens with one attached hydrogen (secondary N) is 1. The lowest BCUT2D eigenvalue weighted by atomic mass is 10.2. The maximum absolute atomic E-state index is 11.4. The van der Waals surface area contributed by atoms with Gasteiger partial charge in [0.25, 0.3) is 0 Å². The van der Waals surface area contributed by atoms with Crippen molar-refractivity contribution >= 4 is 11.7 Å². The fraction of sp³-hybridized carbons (Fsp3) is 0.444. The third-order valence-corrected chi connectivity index (χ3v) is 4.18. The van der Waals surface area contributed by atoms with Crippen molar-refractivity contribution in [3.63, 3.8) is 0 Å². The molecule has 2 aliphatic rings. The summed E-state index contributed by atoms with van der Waals surface area (Å²) in [6, 6.07) is 12.3. The van der Waals surface area contributed by atoms with Crippen LogP contribution < -0.4 is 10.2 Å². The Bertz CT molecular complexity index is 671. The first-order valence-corrected chi connectivity index (χ1v) is 8.51. The van der Waals surface area contributed by atoms with Crippen LogP contribution >= 0.6 is 0 Å². The number of carbonyl (C=O) groups excluding carboxylic acids is 1. The summed E-state index contributed by atoms with van der Waals surface area (Å²) in [4.78, 5) is 13.6. The number of hydrogen-bond donors (Lipinski definition) is 1. The van der Waals surface area contributed by atoms with Gasteiger partial charge < -0.3 is 15.0 Å². The van der Waals surface area contributed by atoms with Gasteiger partial charge in [-0.2, -0.15) is 5.10 Å². The monoisotopic (exact) mass is 328 g/mol. The normalized spacial score (nSPS) is 22.4. The average Bonchev–Trinajstić information content (AvgIpc) is 3.24. The van der Waals surface area contributed by atoms with Crippen LogP contribution in [0.1, 0.15) is 19.4 Å². The highest BCUT2D eigenvalue weighted by Gasteiger charge is 2.38. The van der Waals surface area contributed by atoms with Gasteiger partial charge >= 0.3 is 0 Å². The Hall–Kier alpha value is -2.34. The highest BCUT2D eigenvalue weighted by Crippen LogP contribution is 2.22. The van der Waals surface area contributed by atoms with E-state index in [1.54, 1.807) is 0 Å². The first kappa shape index (κ1) is 16.5. The quantitative estimate of drug-likeness (QED) is 0.931. The molecular weight excluding hydrogens is 304 g/mol. The minimum absolute atomic E-state index is 0.0299. The van der Waals surface area contributed by atoms with E-state index in [1.807, 2.05) is 49.0 Å². The van der Waals surface area contributed by atoms with E-state index in [0.717, 1.165) is 25.5 Å². The predicted molar refractivity (Wildman–Crippen MR) is 93.0 cm³/mol. The fourth-order valence-corrected chi connectivity index (χ4v) is 3.08. The largest absolute Gasteiger partial charge is 0.364 e. The van der Waals surface area contributed by atoms with Crippen molar-refractivity contribution in [1.29, 1.82) is 0 Å². The molecule has 1 N–H and O–H groups in total. The Balaban J connectivity index is 0.000000815. The van der Waals surface area contributed by atoms with Gasteiger partial charge in [-0.3, -0.25) is 9.48 Å². The van der Waals surface area contributed by atoms with Gasteiger partial charge in [-0.15, -0.1) is 0 Å². The van der Waals surface area contributed by atoms with E-state index in [1.165, 1.54) is 5.56 Å². The number of benzene rings is 1. The standard InChI is InChI=1S/C16H18N4O2.C2H6/c21-16-11-22-14-10-19(9-13(14)17-16)15-6-7-20(18-15)8-12-4-2-1-3-5-12;1-2/h1-7,13-14H,8-11H2,(H,17,21);1-2H3. The van der Waals surface area contributed by atoms with E-state index in [2.05, 4.69) is 27.4 Å². The molecule has 0 radical (unpaired) electrons. The highest BCUT2D eigenvalue weighted by molar-refractivity contribution is 5.78. The number of ether oxygens (including phenoxy) is 1. The molecule has 6 nitrogen and oxygen atoms in total. The summed E-state index contributed by atoms with van der Waals surface area (Å²) in [6.45, 7) is 6.44. The van der Waals surface area contributed by atoms with Crippen molar-refractivity contribution in [2.75, 3.05) is 24.6 Å². The van der Waals surface area contributed by atoms with E-state index in [0.29, 0.717) is 0 Å². The van der Waals surface area contributed by atoms with Crippen LogP contribution in [0.3, 0.4) is 0 Å². The summed E-state index contributed by atoms with van der Waals surface area (Å²) < 4.78 is 7.52. The molecular formula is C18H24N4O2. The zero-order valence-electron chi connectivity index (χ0n) is 14.2. The number of aromatic nitrogens is 2. The van der Waals surface area contributed by atoms with Crippen LogP contribution in [0.25, 0.3) is 0 Å². The van der Waals surface area contributed by atoms with Gasteiger partial charge in [0.1, 0.15) is 6.61 Å². The van der Waals surface area contributed by atoms with Crippen LogP contribution in [0.2, 0.25) is 0 Å². The maximum Gasteiger partial charge on any atom is 0.246 e. The fourth-order valence-electron chi connectivity index (χ4n) is 3.08. The molecule has 1 amide bonds. The third kappa shape index (κ3) is 3.59.